The van der Waals surface area contributed by atoms with Gasteiger partial charge in [0.2, 0.25) is 0 Å². The molecule has 0 aromatic rings. The third-order valence-corrected chi connectivity index (χ3v) is 0.309. The van der Waals surface area contributed by atoms with E-state index in [9.17, 15) is 5.11 Å². The first-order valence-electron chi connectivity index (χ1n) is 1.63. The molecule has 0 amide bonds. The number of hydrogen-bond donors (Lipinski definition) is 0. The Morgan fingerprint density at radius 3 is 2.67 bits per heavy atom. The van der Waals surface area contributed by atoms with Gasteiger partial charge in [-0.05, 0) is 0 Å². The summed E-state index contributed by atoms with van der Waals surface area (Å²) in [4.78, 5) is 3.29. The molecule has 0 aliphatic heterocycles. The first kappa shape index (κ1) is 5.21. The fraction of sp³-hybridized carbons (Fsp3) is 0.250. The Morgan fingerprint density at radius 2 is 2.50 bits per heavy atom. The predicted octanol–water partition coefficient (Wildman–Crippen LogP) is -0.439. The van der Waals surface area contributed by atoms with Gasteiger partial charge in [0.1, 0.15) is 0 Å². The highest BCUT2D eigenvalue weighted by Crippen LogP contribution is 1.61. The molecule has 0 aromatic carbocycles. The van der Waals surface area contributed by atoms with Gasteiger partial charge in [-0.25, -0.2) is 0 Å². The number of aliphatic imine (C=N–C) groups is 1. The lowest BCUT2D eigenvalue weighted by molar-refractivity contribution is -0.200. The number of nitrogens with zero attached hydrogens (tertiary/aromatic N) is 1. The van der Waals surface area contributed by atoms with Gasteiger partial charge in [0.05, 0.1) is 6.54 Å². The van der Waals surface area contributed by atoms with Crippen LogP contribution in [-0.4, -0.2) is 12.9 Å². The van der Waals surface area contributed by atoms with Gasteiger partial charge in [-0.15, -0.1) is 6.58 Å². The van der Waals surface area contributed by atoms with Gasteiger partial charge < -0.3 is 10.1 Å². The summed E-state index contributed by atoms with van der Waals surface area (Å²) in [5.41, 5.74) is 0. The summed E-state index contributed by atoms with van der Waals surface area (Å²) >= 11 is 0. The van der Waals surface area contributed by atoms with E-state index in [0.29, 0.717) is 12.9 Å². The quantitative estimate of drug-likeness (QED) is 0.254. The van der Waals surface area contributed by atoms with E-state index in [0.717, 1.165) is 0 Å². The van der Waals surface area contributed by atoms with E-state index in [1.54, 1.807) is 6.08 Å². The van der Waals surface area contributed by atoms with Gasteiger partial charge in [0.25, 0.3) is 0 Å². The summed E-state index contributed by atoms with van der Waals surface area (Å²) in [5, 5.41) is 9.35. The zero-order chi connectivity index (χ0) is 4.83. The third-order valence-electron chi connectivity index (χ3n) is 0.309. The summed E-state index contributed by atoms with van der Waals surface area (Å²) in [6.45, 7) is 3.78. The molecule has 0 unspecified atom stereocenters. The second-order valence-electron chi connectivity index (χ2n) is 0.759. The first-order valence-corrected chi connectivity index (χ1v) is 1.63. The molecule has 0 saturated carbocycles. The molecule has 0 rings (SSSR count). The van der Waals surface area contributed by atoms with Crippen LogP contribution in [0.15, 0.2) is 17.6 Å². The van der Waals surface area contributed by atoms with Crippen LogP contribution in [-0.2, 0) is 0 Å². The van der Waals surface area contributed by atoms with Gasteiger partial charge in [-0.1, -0.05) is 12.5 Å². The Morgan fingerprint density at radius 1 is 1.83 bits per heavy atom. The Hall–Kier alpha value is -0.790. The lowest BCUT2D eigenvalue weighted by Gasteiger charge is -1.83. The van der Waals surface area contributed by atoms with Crippen molar-refractivity contribution in [3.8, 4) is 0 Å². The monoisotopic (exact) mass is 84.0 g/mol. The van der Waals surface area contributed by atoms with Crippen molar-refractivity contribution in [2.45, 2.75) is 0 Å². The fourth-order valence-electron chi connectivity index (χ4n) is 0.118. The van der Waals surface area contributed by atoms with E-state index >= 15 is 0 Å². The molecule has 0 saturated heterocycles. The standard InChI is InChI=1S/C4H7NO/c1-2-3-5-4-6/h2,4H,1,3H2,(H,5,6)/p-1. The summed E-state index contributed by atoms with van der Waals surface area (Å²) in [7, 11) is 0. The average molecular weight is 84.1 g/mol. The molecular formula is C4H6NO-. The molecular weight excluding hydrogens is 78.0 g/mol. The van der Waals surface area contributed by atoms with Crippen molar-refractivity contribution in [2.24, 2.45) is 4.99 Å². The Labute approximate surface area is 36.8 Å². The lowest BCUT2D eigenvalue weighted by Crippen LogP contribution is -1.96. The minimum absolute atomic E-state index is 0.434. The predicted molar refractivity (Wildman–Crippen MR) is 23.6 cm³/mol. The van der Waals surface area contributed by atoms with Crippen LogP contribution in [0.2, 0.25) is 0 Å². The van der Waals surface area contributed by atoms with Crippen LogP contribution in [0.25, 0.3) is 0 Å². The van der Waals surface area contributed by atoms with Crippen molar-refractivity contribution in [2.75, 3.05) is 6.54 Å². The van der Waals surface area contributed by atoms with Crippen LogP contribution < -0.4 is 5.11 Å². The molecule has 0 fully saturated rings. The van der Waals surface area contributed by atoms with Crippen LogP contribution in [0.1, 0.15) is 0 Å². The Bertz CT molecular complexity index is 58.6. The zero-order valence-electron chi connectivity index (χ0n) is 3.42. The molecule has 0 heterocycles. The summed E-state index contributed by atoms with van der Waals surface area (Å²) < 4.78 is 0. The van der Waals surface area contributed by atoms with E-state index in [1.165, 1.54) is 0 Å². The number of rotatable bonds is 2. The van der Waals surface area contributed by atoms with Gasteiger partial charge in [-0.2, -0.15) is 0 Å². The van der Waals surface area contributed by atoms with Crippen molar-refractivity contribution in [1.82, 2.24) is 0 Å². The molecule has 2 nitrogen and oxygen atoms in total. The maximum atomic E-state index is 9.35. The largest absolute Gasteiger partial charge is 0.864 e. The average Bonchev–Trinajstić information content (AvgIpc) is 1.61. The van der Waals surface area contributed by atoms with Crippen molar-refractivity contribution in [3.63, 3.8) is 0 Å². The minimum Gasteiger partial charge on any atom is -0.864 e. The minimum atomic E-state index is 0.434. The fourth-order valence-corrected chi connectivity index (χ4v) is 0.118. The molecule has 0 aromatic heterocycles. The van der Waals surface area contributed by atoms with Crippen molar-refractivity contribution >= 4 is 6.40 Å². The van der Waals surface area contributed by atoms with Crippen LogP contribution >= 0.6 is 0 Å². The molecule has 2 heteroatoms. The summed E-state index contributed by atoms with van der Waals surface area (Å²) in [6.07, 6.45) is 2.08. The molecule has 6 heavy (non-hydrogen) atoms. The normalized spacial score (nSPS) is 9.33. The third kappa shape index (κ3) is 3.21. The number of hydrogen-bond acceptors (Lipinski definition) is 2. The van der Waals surface area contributed by atoms with Gasteiger partial charge in [0, 0.05) is 0 Å². The van der Waals surface area contributed by atoms with Gasteiger partial charge >= 0.3 is 0 Å². The zero-order valence-corrected chi connectivity index (χ0v) is 3.42. The van der Waals surface area contributed by atoms with E-state index in [2.05, 4.69) is 11.6 Å². The van der Waals surface area contributed by atoms with Crippen LogP contribution in [0.4, 0.5) is 0 Å². The molecule has 0 radical (unpaired) electrons. The lowest BCUT2D eigenvalue weighted by atomic mass is 10.7. The molecule has 0 N–H and O–H groups in total. The second kappa shape index (κ2) is 4.21. The maximum absolute atomic E-state index is 9.35. The van der Waals surface area contributed by atoms with Crippen LogP contribution in [0, 0.1) is 0 Å². The summed E-state index contributed by atoms with van der Waals surface area (Å²) in [5.74, 6) is 0. The van der Waals surface area contributed by atoms with E-state index < -0.39 is 0 Å². The Kier molecular flexibility index (Phi) is 3.66. The molecule has 0 bridgehead atoms. The van der Waals surface area contributed by atoms with Crippen molar-refractivity contribution < 1.29 is 5.11 Å². The van der Waals surface area contributed by atoms with Crippen LogP contribution in [0.5, 0.6) is 0 Å². The molecule has 0 atom stereocenters. The van der Waals surface area contributed by atoms with Crippen molar-refractivity contribution in [1.29, 1.82) is 0 Å². The highest BCUT2D eigenvalue weighted by molar-refractivity contribution is 5.40. The van der Waals surface area contributed by atoms with Crippen molar-refractivity contribution in [3.05, 3.63) is 12.7 Å². The highest BCUT2D eigenvalue weighted by Gasteiger charge is 1.54. The SMILES string of the molecule is C=CCN=C[O-]. The Balaban J connectivity index is 2.85. The molecule has 0 aliphatic carbocycles. The first-order chi connectivity index (χ1) is 2.91. The molecule has 0 spiro atoms. The van der Waals surface area contributed by atoms with E-state index in [4.69, 9.17) is 0 Å². The van der Waals surface area contributed by atoms with Gasteiger partial charge in [-0.3, -0.25) is 0 Å². The van der Waals surface area contributed by atoms with E-state index in [1.807, 2.05) is 0 Å². The van der Waals surface area contributed by atoms with E-state index in [-0.39, 0.29) is 0 Å². The highest BCUT2D eigenvalue weighted by atomic mass is 16.2. The van der Waals surface area contributed by atoms with Gasteiger partial charge in [0.15, 0.2) is 0 Å². The molecule has 34 valence electrons. The second-order valence-corrected chi connectivity index (χ2v) is 0.759. The van der Waals surface area contributed by atoms with Crippen LogP contribution in [0.3, 0.4) is 0 Å². The summed E-state index contributed by atoms with van der Waals surface area (Å²) in [6, 6.07) is 0. The molecule has 0 aliphatic rings. The smallest absolute Gasteiger partial charge is 0.0553 e. The maximum Gasteiger partial charge on any atom is 0.0553 e. The topological polar surface area (TPSA) is 35.4 Å².